The largest absolute Gasteiger partial charge is 0.349 e. The van der Waals surface area contributed by atoms with Gasteiger partial charge in [-0.3, -0.25) is 4.79 Å². The van der Waals surface area contributed by atoms with Crippen LogP contribution in [0.25, 0.3) is 16.7 Å². The molecule has 0 spiro atoms. The van der Waals surface area contributed by atoms with Gasteiger partial charge in [-0.25, -0.2) is 23.4 Å². The lowest BCUT2D eigenvalue weighted by atomic mass is 10.1. The molecule has 1 N–H and O–H groups in total. The van der Waals surface area contributed by atoms with E-state index in [0.29, 0.717) is 21.7 Å². The third-order valence-electron chi connectivity index (χ3n) is 4.79. The van der Waals surface area contributed by atoms with E-state index in [9.17, 15) is 13.6 Å². The van der Waals surface area contributed by atoms with E-state index >= 15 is 0 Å². The molecule has 2 aromatic carbocycles. The van der Waals surface area contributed by atoms with Gasteiger partial charge in [-0.2, -0.15) is 5.10 Å². The second-order valence-corrected chi connectivity index (χ2v) is 8.32. The highest BCUT2D eigenvalue weighted by atomic mass is 32.2. The molecule has 0 radical (unpaired) electrons. The Kier molecular flexibility index (Phi) is 5.94. The molecule has 9 heteroatoms. The number of thioether (sulfide) groups is 1. The second-order valence-electron chi connectivity index (χ2n) is 6.99. The van der Waals surface area contributed by atoms with Crippen molar-refractivity contribution in [1.29, 1.82) is 0 Å². The van der Waals surface area contributed by atoms with Crippen molar-refractivity contribution in [3.05, 3.63) is 78.3 Å². The molecule has 1 amide bonds. The zero-order valence-corrected chi connectivity index (χ0v) is 17.6. The molecule has 0 saturated heterocycles. The molecule has 0 aliphatic heterocycles. The fourth-order valence-electron chi connectivity index (χ4n) is 3.07. The Bertz CT molecular complexity index is 1210. The van der Waals surface area contributed by atoms with E-state index in [0.717, 1.165) is 5.56 Å². The smallest absolute Gasteiger partial charge is 0.233 e. The summed E-state index contributed by atoms with van der Waals surface area (Å²) in [6.45, 7) is 3.63. The predicted octanol–water partition coefficient (Wildman–Crippen LogP) is 4.45. The van der Waals surface area contributed by atoms with Gasteiger partial charge >= 0.3 is 0 Å². The first-order valence-electron chi connectivity index (χ1n) is 9.59. The van der Waals surface area contributed by atoms with Crippen LogP contribution in [0.15, 0.2) is 66.1 Å². The number of carbonyl (C=O) groups is 1. The number of nitrogens with zero attached hydrogens (tertiary/aromatic N) is 4. The number of halogens is 2. The van der Waals surface area contributed by atoms with E-state index in [2.05, 4.69) is 20.4 Å². The van der Waals surface area contributed by atoms with Crippen LogP contribution in [0, 0.1) is 11.6 Å². The first-order valence-corrected chi connectivity index (χ1v) is 10.5. The van der Waals surface area contributed by atoms with Crippen LogP contribution in [0.5, 0.6) is 0 Å². The van der Waals surface area contributed by atoms with Crippen molar-refractivity contribution >= 4 is 28.7 Å². The SMILES string of the molecule is CC(Sc1ncnc2c1cnn2-c1ccc(F)cc1)C(=O)NC(C)c1ccc(F)cc1. The number of benzene rings is 2. The normalized spacial score (nSPS) is 13.2. The lowest BCUT2D eigenvalue weighted by Crippen LogP contribution is -2.33. The van der Waals surface area contributed by atoms with Gasteiger partial charge < -0.3 is 5.32 Å². The van der Waals surface area contributed by atoms with Crippen LogP contribution in [-0.2, 0) is 4.79 Å². The number of amides is 1. The number of hydrogen-bond donors (Lipinski definition) is 1. The molecule has 31 heavy (non-hydrogen) atoms. The summed E-state index contributed by atoms with van der Waals surface area (Å²) in [4.78, 5) is 21.3. The summed E-state index contributed by atoms with van der Waals surface area (Å²) in [6.07, 6.45) is 3.05. The molecule has 2 heterocycles. The molecule has 2 atom stereocenters. The van der Waals surface area contributed by atoms with Crippen LogP contribution in [0.2, 0.25) is 0 Å². The second kappa shape index (κ2) is 8.81. The minimum Gasteiger partial charge on any atom is -0.349 e. The monoisotopic (exact) mass is 439 g/mol. The molecule has 2 aromatic heterocycles. The van der Waals surface area contributed by atoms with Crippen molar-refractivity contribution in [2.75, 3.05) is 0 Å². The standard InChI is InChI=1S/C22H19F2N5OS/c1-13(15-3-5-16(23)6-4-15)28-21(30)14(2)31-22-19-11-27-29(20(19)25-12-26-22)18-9-7-17(24)8-10-18/h3-14H,1-2H3,(H,28,30). The number of rotatable bonds is 6. The van der Waals surface area contributed by atoms with E-state index in [1.54, 1.807) is 42.1 Å². The van der Waals surface area contributed by atoms with Gasteiger partial charge in [0, 0.05) is 0 Å². The molecule has 2 unspecified atom stereocenters. The minimum atomic E-state index is -0.435. The number of fused-ring (bicyclic) bond motifs is 1. The quantitative estimate of drug-likeness (QED) is 0.355. The van der Waals surface area contributed by atoms with Gasteiger partial charge in [0.05, 0.1) is 28.6 Å². The summed E-state index contributed by atoms with van der Waals surface area (Å²) in [5, 5.41) is 8.17. The topological polar surface area (TPSA) is 72.7 Å². The van der Waals surface area contributed by atoms with Crippen LogP contribution >= 0.6 is 11.8 Å². The molecular formula is C22H19F2N5OS. The zero-order valence-electron chi connectivity index (χ0n) is 16.8. The fourth-order valence-corrected chi connectivity index (χ4v) is 3.96. The summed E-state index contributed by atoms with van der Waals surface area (Å²) < 4.78 is 27.9. The fraction of sp³-hybridized carbons (Fsp3) is 0.182. The van der Waals surface area contributed by atoms with Crippen LogP contribution in [-0.4, -0.2) is 30.9 Å². The van der Waals surface area contributed by atoms with Crippen LogP contribution in [0.4, 0.5) is 8.78 Å². The van der Waals surface area contributed by atoms with Crippen molar-refractivity contribution in [2.24, 2.45) is 0 Å². The first kappa shape index (κ1) is 20.9. The maximum Gasteiger partial charge on any atom is 0.233 e. The summed E-state index contributed by atoms with van der Waals surface area (Å²) in [5.41, 5.74) is 2.05. The van der Waals surface area contributed by atoms with Crippen molar-refractivity contribution in [3.8, 4) is 5.69 Å². The van der Waals surface area contributed by atoms with Crippen LogP contribution in [0.3, 0.4) is 0 Å². The van der Waals surface area contributed by atoms with Crippen molar-refractivity contribution in [1.82, 2.24) is 25.1 Å². The maximum absolute atomic E-state index is 13.2. The molecule has 0 aliphatic rings. The Morgan fingerprint density at radius 2 is 1.65 bits per heavy atom. The van der Waals surface area contributed by atoms with Gasteiger partial charge in [0.1, 0.15) is 23.0 Å². The van der Waals surface area contributed by atoms with Gasteiger partial charge in [-0.1, -0.05) is 23.9 Å². The summed E-state index contributed by atoms with van der Waals surface area (Å²) >= 11 is 1.30. The summed E-state index contributed by atoms with van der Waals surface area (Å²) in [7, 11) is 0. The molecule has 4 rings (SSSR count). The number of aromatic nitrogens is 4. The molecule has 4 aromatic rings. The molecule has 0 aliphatic carbocycles. The Labute approximate surface area is 181 Å². The van der Waals surface area contributed by atoms with Gasteiger partial charge in [-0.05, 0) is 55.8 Å². The summed E-state index contributed by atoms with van der Waals surface area (Å²) in [5.74, 6) is -0.819. The van der Waals surface area contributed by atoms with E-state index in [1.165, 1.54) is 42.4 Å². The minimum absolute atomic E-state index is 0.167. The Morgan fingerprint density at radius 1 is 1.00 bits per heavy atom. The third kappa shape index (κ3) is 4.56. The van der Waals surface area contributed by atoms with Gasteiger partial charge in [0.2, 0.25) is 5.91 Å². The van der Waals surface area contributed by atoms with Crippen molar-refractivity contribution in [2.45, 2.75) is 30.2 Å². The highest BCUT2D eigenvalue weighted by Gasteiger charge is 2.20. The van der Waals surface area contributed by atoms with Crippen LogP contribution in [0.1, 0.15) is 25.5 Å². The summed E-state index contributed by atoms with van der Waals surface area (Å²) in [6, 6.07) is 11.7. The average Bonchev–Trinajstić information content (AvgIpc) is 3.20. The van der Waals surface area contributed by atoms with E-state index in [1.807, 2.05) is 6.92 Å². The lowest BCUT2D eigenvalue weighted by molar-refractivity contribution is -0.120. The first-order chi connectivity index (χ1) is 14.9. The van der Waals surface area contributed by atoms with E-state index < -0.39 is 5.25 Å². The van der Waals surface area contributed by atoms with Gasteiger partial charge in [-0.15, -0.1) is 0 Å². The molecule has 158 valence electrons. The van der Waals surface area contributed by atoms with Crippen molar-refractivity contribution < 1.29 is 13.6 Å². The molecule has 0 fully saturated rings. The van der Waals surface area contributed by atoms with E-state index in [4.69, 9.17) is 0 Å². The molecule has 6 nitrogen and oxygen atoms in total. The number of carbonyl (C=O) groups excluding carboxylic acids is 1. The molecule has 0 saturated carbocycles. The van der Waals surface area contributed by atoms with Gasteiger partial charge in [0.15, 0.2) is 5.65 Å². The Morgan fingerprint density at radius 3 is 2.32 bits per heavy atom. The molecular weight excluding hydrogens is 420 g/mol. The number of nitrogens with one attached hydrogen (secondary N) is 1. The Balaban J connectivity index is 1.50. The number of hydrogen-bond acceptors (Lipinski definition) is 5. The highest BCUT2D eigenvalue weighted by molar-refractivity contribution is 8.00. The lowest BCUT2D eigenvalue weighted by Gasteiger charge is -2.17. The predicted molar refractivity (Wildman–Crippen MR) is 115 cm³/mol. The maximum atomic E-state index is 13.2. The van der Waals surface area contributed by atoms with E-state index in [-0.39, 0.29) is 23.6 Å². The van der Waals surface area contributed by atoms with Gasteiger partial charge in [0.25, 0.3) is 0 Å². The highest BCUT2D eigenvalue weighted by Crippen LogP contribution is 2.29. The van der Waals surface area contributed by atoms with Crippen molar-refractivity contribution in [3.63, 3.8) is 0 Å². The molecule has 0 bridgehead atoms. The Hall–Kier alpha value is -3.33. The third-order valence-corrected chi connectivity index (χ3v) is 5.90. The van der Waals surface area contributed by atoms with Crippen LogP contribution < -0.4 is 5.32 Å². The zero-order chi connectivity index (χ0) is 22.0. The average molecular weight is 439 g/mol.